The van der Waals surface area contributed by atoms with Gasteiger partial charge in [-0.1, -0.05) is 0 Å². The largest absolute Gasteiger partial charge is 0.459 e. The van der Waals surface area contributed by atoms with E-state index in [2.05, 4.69) is 20.6 Å². The highest BCUT2D eigenvalue weighted by Gasteiger charge is 2.22. The zero-order valence-corrected chi connectivity index (χ0v) is 14.8. The zero-order valence-electron chi connectivity index (χ0n) is 14.0. The van der Waals surface area contributed by atoms with Crippen LogP contribution in [0, 0.1) is 0 Å². The van der Waals surface area contributed by atoms with Crippen molar-refractivity contribution in [2.24, 2.45) is 0 Å². The first-order chi connectivity index (χ1) is 12.6. The van der Waals surface area contributed by atoms with Gasteiger partial charge in [0.1, 0.15) is 6.04 Å². The summed E-state index contributed by atoms with van der Waals surface area (Å²) < 4.78 is 5.06. The minimum absolute atomic E-state index is 0.151. The van der Waals surface area contributed by atoms with Gasteiger partial charge in [0.25, 0.3) is 5.91 Å². The third-order valence-electron chi connectivity index (χ3n) is 3.76. The minimum Gasteiger partial charge on any atom is -0.459 e. The van der Waals surface area contributed by atoms with Crippen molar-refractivity contribution in [2.75, 3.05) is 17.3 Å². The number of anilines is 1. The predicted molar refractivity (Wildman–Crippen MR) is 101 cm³/mol. The molecule has 0 aliphatic carbocycles. The lowest BCUT2D eigenvalue weighted by Gasteiger charge is -2.17. The number of rotatable bonds is 7. The monoisotopic (exact) mass is 374 g/mol. The average Bonchev–Trinajstić information content (AvgIpc) is 3.26. The van der Waals surface area contributed by atoms with Gasteiger partial charge in [-0.3, -0.25) is 9.59 Å². The van der Waals surface area contributed by atoms with Crippen LogP contribution < -0.4 is 16.3 Å². The number of fused-ring (bicyclic) bond motifs is 1. The number of H-pyrrole nitrogens is 2. The molecule has 0 radical (unpaired) electrons. The SMILES string of the molecule is CSCCC(NC(=O)c1ccco1)C(=O)Nc1ccc2[nH]c(=O)[nH]c2c1. The number of aromatic nitrogens is 2. The molecule has 9 heteroatoms. The van der Waals surface area contributed by atoms with Crippen molar-refractivity contribution in [2.45, 2.75) is 12.5 Å². The molecule has 1 unspecified atom stereocenters. The van der Waals surface area contributed by atoms with Crippen LogP contribution in [0.3, 0.4) is 0 Å². The summed E-state index contributed by atoms with van der Waals surface area (Å²) in [6.45, 7) is 0. The van der Waals surface area contributed by atoms with Crippen molar-refractivity contribution < 1.29 is 14.0 Å². The second-order valence-corrected chi connectivity index (χ2v) is 6.60. The molecule has 0 saturated carbocycles. The van der Waals surface area contributed by atoms with Gasteiger partial charge in [0.2, 0.25) is 5.91 Å². The van der Waals surface area contributed by atoms with E-state index < -0.39 is 11.9 Å². The third-order valence-corrected chi connectivity index (χ3v) is 4.40. The fraction of sp³-hybridized carbons (Fsp3) is 0.235. The molecule has 3 rings (SSSR count). The number of hydrogen-bond acceptors (Lipinski definition) is 5. The quantitative estimate of drug-likeness (QED) is 0.504. The highest BCUT2D eigenvalue weighted by atomic mass is 32.2. The maximum Gasteiger partial charge on any atom is 0.323 e. The number of hydrogen-bond donors (Lipinski definition) is 4. The van der Waals surface area contributed by atoms with Gasteiger partial charge in [-0.05, 0) is 48.8 Å². The van der Waals surface area contributed by atoms with Crippen LogP contribution in [0.4, 0.5) is 5.69 Å². The summed E-state index contributed by atoms with van der Waals surface area (Å²) >= 11 is 1.58. The molecule has 1 aromatic carbocycles. The summed E-state index contributed by atoms with van der Waals surface area (Å²) in [7, 11) is 0. The summed E-state index contributed by atoms with van der Waals surface area (Å²) in [5, 5.41) is 5.47. The van der Waals surface area contributed by atoms with Crippen LogP contribution >= 0.6 is 11.8 Å². The van der Waals surface area contributed by atoms with E-state index in [1.807, 2.05) is 6.26 Å². The van der Waals surface area contributed by atoms with Crippen molar-refractivity contribution in [3.05, 3.63) is 52.8 Å². The topological polar surface area (TPSA) is 120 Å². The highest BCUT2D eigenvalue weighted by Crippen LogP contribution is 2.15. The van der Waals surface area contributed by atoms with Gasteiger partial charge >= 0.3 is 5.69 Å². The molecule has 1 atom stereocenters. The number of thioether (sulfide) groups is 1. The molecule has 0 fully saturated rings. The lowest BCUT2D eigenvalue weighted by atomic mass is 10.2. The van der Waals surface area contributed by atoms with Gasteiger partial charge in [-0.15, -0.1) is 0 Å². The Labute approximate surface area is 152 Å². The molecule has 0 aliphatic rings. The Hall–Kier alpha value is -2.94. The van der Waals surface area contributed by atoms with E-state index in [0.29, 0.717) is 28.9 Å². The van der Waals surface area contributed by atoms with Crippen LogP contribution in [0.25, 0.3) is 11.0 Å². The molecule has 2 amide bonds. The Morgan fingerprint density at radius 2 is 2.04 bits per heavy atom. The smallest absolute Gasteiger partial charge is 0.323 e. The summed E-state index contributed by atoms with van der Waals surface area (Å²) in [5.41, 5.74) is 1.46. The molecule has 0 spiro atoms. The molecular formula is C17H18N4O4S. The first-order valence-corrected chi connectivity index (χ1v) is 9.32. The first kappa shape index (κ1) is 17.9. The lowest BCUT2D eigenvalue weighted by molar-refractivity contribution is -0.118. The van der Waals surface area contributed by atoms with Gasteiger partial charge in [-0.2, -0.15) is 11.8 Å². The van der Waals surface area contributed by atoms with Gasteiger partial charge in [0.15, 0.2) is 5.76 Å². The Morgan fingerprint density at radius 3 is 2.77 bits per heavy atom. The van der Waals surface area contributed by atoms with Gasteiger partial charge in [0, 0.05) is 5.69 Å². The first-order valence-electron chi connectivity index (χ1n) is 7.93. The zero-order chi connectivity index (χ0) is 18.5. The summed E-state index contributed by atoms with van der Waals surface area (Å²) in [6, 6.07) is 7.48. The van der Waals surface area contributed by atoms with Crippen molar-refractivity contribution in [1.29, 1.82) is 0 Å². The molecule has 2 aromatic heterocycles. The normalized spacial score (nSPS) is 12.0. The second-order valence-electron chi connectivity index (χ2n) is 5.61. The number of amides is 2. The van der Waals surface area contributed by atoms with Crippen molar-refractivity contribution >= 4 is 40.3 Å². The Kier molecular flexibility index (Phi) is 5.47. The number of benzene rings is 1. The summed E-state index contributed by atoms with van der Waals surface area (Å²) in [4.78, 5) is 41.4. The third kappa shape index (κ3) is 4.17. The summed E-state index contributed by atoms with van der Waals surface area (Å²) in [6.07, 6.45) is 3.81. The van der Waals surface area contributed by atoms with E-state index in [0.717, 1.165) is 0 Å². The number of carbonyl (C=O) groups excluding carboxylic acids is 2. The lowest BCUT2D eigenvalue weighted by Crippen LogP contribution is -2.44. The molecule has 0 bridgehead atoms. The van der Waals surface area contributed by atoms with Crippen molar-refractivity contribution in [3.63, 3.8) is 0 Å². The molecule has 2 heterocycles. The van der Waals surface area contributed by atoms with E-state index >= 15 is 0 Å². The number of carbonyl (C=O) groups is 2. The van der Waals surface area contributed by atoms with E-state index in [4.69, 9.17) is 4.42 Å². The molecule has 136 valence electrons. The van der Waals surface area contributed by atoms with Crippen LogP contribution in [0.15, 0.2) is 45.8 Å². The maximum absolute atomic E-state index is 12.6. The van der Waals surface area contributed by atoms with Crippen LogP contribution in [0.1, 0.15) is 17.0 Å². The van der Waals surface area contributed by atoms with E-state index in [1.54, 1.807) is 36.0 Å². The maximum atomic E-state index is 12.6. The number of aromatic amines is 2. The highest BCUT2D eigenvalue weighted by molar-refractivity contribution is 7.98. The minimum atomic E-state index is -0.707. The Bertz CT molecular complexity index is 961. The second kappa shape index (κ2) is 7.96. The average molecular weight is 374 g/mol. The molecule has 26 heavy (non-hydrogen) atoms. The van der Waals surface area contributed by atoms with Crippen LogP contribution in [-0.2, 0) is 4.79 Å². The van der Waals surface area contributed by atoms with Crippen LogP contribution in [-0.4, -0.2) is 39.8 Å². The van der Waals surface area contributed by atoms with Gasteiger partial charge < -0.3 is 25.0 Å². The van der Waals surface area contributed by atoms with Crippen LogP contribution in [0.5, 0.6) is 0 Å². The van der Waals surface area contributed by atoms with E-state index in [-0.39, 0.29) is 17.4 Å². The Morgan fingerprint density at radius 1 is 1.23 bits per heavy atom. The molecule has 4 N–H and O–H groups in total. The molecule has 0 aliphatic heterocycles. The Balaban J connectivity index is 1.72. The van der Waals surface area contributed by atoms with E-state index in [1.165, 1.54) is 12.3 Å². The number of imidazole rings is 1. The van der Waals surface area contributed by atoms with Crippen molar-refractivity contribution in [1.82, 2.24) is 15.3 Å². The van der Waals surface area contributed by atoms with Crippen molar-refractivity contribution in [3.8, 4) is 0 Å². The van der Waals surface area contributed by atoms with Gasteiger partial charge in [-0.25, -0.2) is 4.79 Å². The number of nitrogens with one attached hydrogen (secondary N) is 4. The fourth-order valence-electron chi connectivity index (χ4n) is 2.48. The number of furan rings is 1. The van der Waals surface area contributed by atoms with Crippen LogP contribution in [0.2, 0.25) is 0 Å². The molecule has 3 aromatic rings. The molecule has 0 saturated heterocycles. The predicted octanol–water partition coefficient (Wildman–Crippen LogP) is 1.94. The summed E-state index contributed by atoms with van der Waals surface area (Å²) in [5.74, 6) is 0.0804. The van der Waals surface area contributed by atoms with Gasteiger partial charge in [0.05, 0.1) is 17.3 Å². The molecule has 8 nitrogen and oxygen atoms in total. The molecular weight excluding hydrogens is 356 g/mol. The standard InChI is InChI=1S/C17H18N4O4S/c1-26-8-6-12(19-16(23)14-3-2-7-25-14)15(22)18-10-4-5-11-13(9-10)21-17(24)20-11/h2-5,7,9,12H,6,8H2,1H3,(H,18,22)(H,19,23)(H2,20,21,24). The fourth-order valence-corrected chi connectivity index (χ4v) is 2.95. The van der Waals surface area contributed by atoms with E-state index in [9.17, 15) is 14.4 Å².